The predicted molar refractivity (Wildman–Crippen MR) is 129 cm³/mol. The Morgan fingerprint density at radius 3 is 2.44 bits per heavy atom. The molecule has 0 aliphatic heterocycles. The largest absolute Gasteiger partial charge is 0.480 e. The number of Topliss-reactive ketones (excluding diaryl/α,β-unsaturated/α-hetero) is 1. The van der Waals surface area contributed by atoms with Crippen molar-refractivity contribution in [3.05, 3.63) is 92.6 Å². The number of carboxylic acids is 1. The van der Waals surface area contributed by atoms with Gasteiger partial charge in [0.05, 0.1) is 15.5 Å². The second-order valence-corrected chi connectivity index (χ2v) is 9.32. The Balaban J connectivity index is 1.38. The molecule has 3 atom stereocenters. The first-order chi connectivity index (χ1) is 16.3. The van der Waals surface area contributed by atoms with Crippen molar-refractivity contribution in [3.63, 3.8) is 0 Å². The second-order valence-electron chi connectivity index (χ2n) is 7.97. The van der Waals surface area contributed by atoms with Gasteiger partial charge in [0.1, 0.15) is 6.04 Å². The molecule has 1 fully saturated rings. The molecule has 0 bridgehead atoms. The van der Waals surface area contributed by atoms with Crippen molar-refractivity contribution in [2.75, 3.05) is 6.54 Å². The highest BCUT2D eigenvalue weighted by Crippen LogP contribution is 2.49. The lowest BCUT2D eigenvalue weighted by Gasteiger charge is -2.16. The smallest absolute Gasteiger partial charge is 0.328 e. The minimum Gasteiger partial charge on any atom is -0.480 e. The van der Waals surface area contributed by atoms with E-state index in [9.17, 15) is 24.3 Å². The van der Waals surface area contributed by atoms with E-state index >= 15 is 0 Å². The van der Waals surface area contributed by atoms with Gasteiger partial charge in [-0.2, -0.15) is 0 Å². The number of carbonyl (C=O) groups is 4. The third-order valence-corrected chi connectivity index (χ3v) is 6.85. The first-order valence-electron chi connectivity index (χ1n) is 10.6. The highest BCUT2D eigenvalue weighted by atomic mass is 35.5. The standard InChI is InChI=1S/C25H21ClN2O5S/c26-19-11-15(22(29)18-12-17(18)14-5-2-1-3-6-14)8-9-16(19)23(30)28-20(25(32)33)13-27-24(31)21-7-4-10-34-21/h1-11,17-18,20H,12-13H2,(H,27,31)(H,28,30)(H,32,33)/t17-,18+,20+/m1/s1. The maximum Gasteiger partial charge on any atom is 0.328 e. The molecule has 3 aromatic rings. The van der Waals surface area contributed by atoms with Crippen molar-refractivity contribution in [2.24, 2.45) is 5.92 Å². The summed E-state index contributed by atoms with van der Waals surface area (Å²) in [4.78, 5) is 49.6. The third-order valence-electron chi connectivity index (χ3n) is 5.67. The van der Waals surface area contributed by atoms with Gasteiger partial charge in [0.15, 0.2) is 5.78 Å². The number of halogens is 1. The molecular weight excluding hydrogens is 476 g/mol. The monoisotopic (exact) mass is 496 g/mol. The summed E-state index contributed by atoms with van der Waals surface area (Å²) in [6.45, 7) is -0.297. The normalized spacial score (nSPS) is 17.4. The van der Waals surface area contributed by atoms with Crippen LogP contribution in [0.15, 0.2) is 66.0 Å². The number of carboxylic acid groups (broad SMARTS) is 1. The average Bonchev–Trinajstić information content (AvgIpc) is 3.44. The summed E-state index contributed by atoms with van der Waals surface area (Å²) in [6, 6.07) is 16.2. The fourth-order valence-corrected chi connectivity index (χ4v) is 4.65. The molecule has 0 spiro atoms. The molecule has 1 aromatic heterocycles. The topological polar surface area (TPSA) is 113 Å². The summed E-state index contributed by atoms with van der Waals surface area (Å²) < 4.78 is 0. The Hall–Kier alpha value is -3.49. The van der Waals surface area contributed by atoms with E-state index in [-0.39, 0.29) is 34.7 Å². The Morgan fingerprint density at radius 1 is 1.03 bits per heavy atom. The van der Waals surface area contributed by atoms with Crippen LogP contribution >= 0.6 is 22.9 Å². The van der Waals surface area contributed by atoms with Gasteiger partial charge in [0, 0.05) is 18.0 Å². The highest BCUT2D eigenvalue weighted by Gasteiger charge is 2.44. The van der Waals surface area contributed by atoms with Crippen LogP contribution in [0.1, 0.15) is 48.3 Å². The van der Waals surface area contributed by atoms with E-state index in [4.69, 9.17) is 11.6 Å². The SMILES string of the molecule is O=C(NC[C@H](NC(=O)c1ccc(C(=O)[C@H]2C[C@@H]2c2ccccc2)cc1Cl)C(=O)O)c1cccs1. The van der Waals surface area contributed by atoms with Crippen LogP contribution in [0.25, 0.3) is 0 Å². The molecule has 0 unspecified atom stereocenters. The first kappa shape index (κ1) is 23.7. The van der Waals surface area contributed by atoms with Gasteiger partial charge < -0.3 is 15.7 Å². The number of benzene rings is 2. The van der Waals surface area contributed by atoms with Crippen LogP contribution in [0, 0.1) is 5.92 Å². The molecule has 4 rings (SSSR count). The van der Waals surface area contributed by atoms with Crippen molar-refractivity contribution in [3.8, 4) is 0 Å². The molecule has 174 valence electrons. The zero-order valence-electron chi connectivity index (χ0n) is 17.9. The zero-order valence-corrected chi connectivity index (χ0v) is 19.4. The van der Waals surface area contributed by atoms with Crippen LogP contribution in [-0.2, 0) is 4.79 Å². The van der Waals surface area contributed by atoms with Crippen LogP contribution in [-0.4, -0.2) is 41.3 Å². The molecule has 1 heterocycles. The molecule has 7 nitrogen and oxygen atoms in total. The third kappa shape index (κ3) is 5.35. The van der Waals surface area contributed by atoms with Crippen LogP contribution in [0.4, 0.5) is 0 Å². The number of nitrogens with one attached hydrogen (secondary N) is 2. The van der Waals surface area contributed by atoms with Crippen molar-refractivity contribution in [1.29, 1.82) is 0 Å². The molecule has 0 saturated heterocycles. The van der Waals surface area contributed by atoms with E-state index < -0.39 is 23.8 Å². The molecule has 0 radical (unpaired) electrons. The highest BCUT2D eigenvalue weighted by molar-refractivity contribution is 7.12. The van der Waals surface area contributed by atoms with E-state index in [0.717, 1.165) is 12.0 Å². The van der Waals surface area contributed by atoms with E-state index in [1.165, 1.54) is 29.5 Å². The molecule has 1 aliphatic rings. The summed E-state index contributed by atoms with van der Waals surface area (Å²) in [5, 5.41) is 16.1. The molecule has 1 saturated carbocycles. The fraction of sp³-hybridized carbons (Fsp3) is 0.200. The van der Waals surface area contributed by atoms with Crippen molar-refractivity contribution in [2.45, 2.75) is 18.4 Å². The summed E-state index contributed by atoms with van der Waals surface area (Å²) in [7, 11) is 0. The van der Waals surface area contributed by atoms with Crippen molar-refractivity contribution >= 4 is 46.5 Å². The Kier molecular flexibility index (Phi) is 7.09. The number of aliphatic carboxylic acids is 1. The number of amides is 2. The van der Waals surface area contributed by atoms with Crippen LogP contribution in [0.5, 0.6) is 0 Å². The number of carbonyl (C=O) groups excluding carboxylic acids is 3. The van der Waals surface area contributed by atoms with Gasteiger partial charge in [-0.15, -0.1) is 11.3 Å². The van der Waals surface area contributed by atoms with Gasteiger partial charge in [-0.1, -0.05) is 54.1 Å². The van der Waals surface area contributed by atoms with Crippen LogP contribution < -0.4 is 10.6 Å². The fourth-order valence-electron chi connectivity index (χ4n) is 3.75. The molecular formula is C25H21ClN2O5S. The summed E-state index contributed by atoms with van der Waals surface area (Å²) >= 11 is 7.50. The number of rotatable bonds is 9. The van der Waals surface area contributed by atoms with Crippen molar-refractivity contribution in [1.82, 2.24) is 10.6 Å². The van der Waals surface area contributed by atoms with Gasteiger partial charge in [-0.05, 0) is 41.5 Å². The Bertz CT molecular complexity index is 1230. The zero-order chi connectivity index (χ0) is 24.2. The number of thiophene rings is 1. The summed E-state index contributed by atoms with van der Waals surface area (Å²) in [5.41, 5.74) is 1.57. The first-order valence-corrected chi connectivity index (χ1v) is 11.8. The van der Waals surface area contributed by atoms with Gasteiger partial charge in [0.25, 0.3) is 11.8 Å². The number of hydrogen-bond donors (Lipinski definition) is 3. The summed E-state index contributed by atoms with van der Waals surface area (Å²) in [6.07, 6.45) is 0.764. The summed E-state index contributed by atoms with van der Waals surface area (Å²) in [5.74, 6) is -2.43. The Labute approximate surface area is 204 Å². The second kappa shape index (κ2) is 10.2. The Morgan fingerprint density at radius 2 is 1.79 bits per heavy atom. The molecule has 3 N–H and O–H groups in total. The van der Waals surface area contributed by atoms with Crippen LogP contribution in [0.3, 0.4) is 0 Å². The lowest BCUT2D eigenvalue weighted by atomic mass is 10.0. The maximum atomic E-state index is 12.9. The van der Waals surface area contributed by atoms with Crippen LogP contribution in [0.2, 0.25) is 5.02 Å². The van der Waals surface area contributed by atoms with Crippen molar-refractivity contribution < 1.29 is 24.3 Å². The maximum absolute atomic E-state index is 12.9. The van der Waals surface area contributed by atoms with E-state index in [1.54, 1.807) is 17.5 Å². The quantitative estimate of drug-likeness (QED) is 0.387. The van der Waals surface area contributed by atoms with E-state index in [1.807, 2.05) is 30.3 Å². The van der Waals surface area contributed by atoms with Gasteiger partial charge in [0.2, 0.25) is 0 Å². The molecule has 2 aromatic carbocycles. The lowest BCUT2D eigenvalue weighted by Crippen LogP contribution is -2.48. The predicted octanol–water partition coefficient (Wildman–Crippen LogP) is 4.00. The van der Waals surface area contributed by atoms with E-state index in [2.05, 4.69) is 10.6 Å². The van der Waals surface area contributed by atoms with E-state index in [0.29, 0.717) is 10.4 Å². The lowest BCUT2D eigenvalue weighted by molar-refractivity contribution is -0.139. The number of hydrogen-bond acceptors (Lipinski definition) is 5. The minimum atomic E-state index is -1.35. The molecule has 9 heteroatoms. The molecule has 1 aliphatic carbocycles. The average molecular weight is 497 g/mol. The molecule has 2 amide bonds. The van der Waals surface area contributed by atoms with Gasteiger partial charge >= 0.3 is 5.97 Å². The van der Waals surface area contributed by atoms with Gasteiger partial charge in [-0.3, -0.25) is 14.4 Å². The number of ketones is 1. The minimum absolute atomic E-state index is 0.0394. The molecule has 34 heavy (non-hydrogen) atoms. The van der Waals surface area contributed by atoms with Gasteiger partial charge in [-0.25, -0.2) is 4.79 Å².